The second-order valence-corrected chi connectivity index (χ2v) is 4.85. The van der Waals surface area contributed by atoms with Crippen LogP contribution < -0.4 is 10.2 Å². The first-order valence-electron chi connectivity index (χ1n) is 6.83. The quantitative estimate of drug-likeness (QED) is 0.682. The van der Waals surface area contributed by atoms with Crippen molar-refractivity contribution in [3.05, 3.63) is 65.0 Å². The molecule has 0 aliphatic rings. The van der Waals surface area contributed by atoms with E-state index < -0.39 is 0 Å². The third-order valence-corrected chi connectivity index (χ3v) is 3.03. The zero-order valence-electron chi connectivity index (χ0n) is 12.5. The van der Waals surface area contributed by atoms with Crippen molar-refractivity contribution in [2.75, 3.05) is 6.61 Å². The first kappa shape index (κ1) is 15.7. The summed E-state index contributed by atoms with van der Waals surface area (Å²) < 4.78 is 18.2. The molecule has 5 heteroatoms. The molecule has 0 atom stereocenters. The Hall–Kier alpha value is -2.69. The maximum atomic E-state index is 12.7. The van der Waals surface area contributed by atoms with Crippen LogP contribution >= 0.6 is 0 Å². The van der Waals surface area contributed by atoms with Gasteiger partial charge in [-0.1, -0.05) is 30.3 Å². The number of hydrogen-bond donors (Lipinski definition) is 1. The van der Waals surface area contributed by atoms with E-state index in [0.717, 1.165) is 11.1 Å². The number of carbonyl (C=O) groups is 1. The number of hydrogen-bond acceptors (Lipinski definition) is 3. The van der Waals surface area contributed by atoms with Crippen LogP contribution in [0.5, 0.6) is 5.75 Å². The van der Waals surface area contributed by atoms with E-state index in [1.807, 2.05) is 32.0 Å². The number of ether oxygens (including phenoxy) is 1. The second kappa shape index (κ2) is 7.36. The van der Waals surface area contributed by atoms with Gasteiger partial charge in [-0.05, 0) is 42.7 Å². The molecule has 114 valence electrons. The van der Waals surface area contributed by atoms with E-state index in [-0.39, 0.29) is 18.3 Å². The minimum absolute atomic E-state index is 0.119. The summed E-state index contributed by atoms with van der Waals surface area (Å²) in [5.41, 5.74) is 5.01. The maximum Gasteiger partial charge on any atom is 0.277 e. The van der Waals surface area contributed by atoms with Crippen LogP contribution in [0.2, 0.25) is 0 Å². The molecule has 0 aliphatic heterocycles. The smallest absolute Gasteiger partial charge is 0.277 e. The summed E-state index contributed by atoms with van der Waals surface area (Å²) in [5.74, 6) is 0.0318. The van der Waals surface area contributed by atoms with Gasteiger partial charge in [0, 0.05) is 0 Å². The van der Waals surface area contributed by atoms with Gasteiger partial charge >= 0.3 is 0 Å². The predicted molar refractivity (Wildman–Crippen MR) is 83.5 cm³/mol. The Labute approximate surface area is 128 Å². The van der Waals surface area contributed by atoms with Gasteiger partial charge in [-0.15, -0.1) is 0 Å². The van der Waals surface area contributed by atoms with Crippen molar-refractivity contribution in [2.24, 2.45) is 5.10 Å². The molecule has 0 saturated carbocycles. The van der Waals surface area contributed by atoms with Crippen molar-refractivity contribution in [1.29, 1.82) is 0 Å². The molecule has 0 fully saturated rings. The lowest BCUT2D eigenvalue weighted by Crippen LogP contribution is -2.25. The van der Waals surface area contributed by atoms with Crippen LogP contribution in [0, 0.1) is 19.7 Å². The highest BCUT2D eigenvalue weighted by atomic mass is 19.1. The third-order valence-electron chi connectivity index (χ3n) is 3.03. The number of amides is 1. The van der Waals surface area contributed by atoms with Gasteiger partial charge in [0.2, 0.25) is 0 Å². The molecule has 2 rings (SSSR count). The van der Waals surface area contributed by atoms with E-state index in [4.69, 9.17) is 4.74 Å². The highest BCUT2D eigenvalue weighted by Crippen LogP contribution is 2.21. The Bertz CT molecular complexity index is 661. The molecular formula is C17H17FN2O2. The Morgan fingerprint density at radius 1 is 1.18 bits per heavy atom. The normalized spacial score (nSPS) is 10.7. The van der Waals surface area contributed by atoms with Crippen LogP contribution in [0.3, 0.4) is 0 Å². The maximum absolute atomic E-state index is 12.7. The molecular weight excluding hydrogens is 283 g/mol. The summed E-state index contributed by atoms with van der Waals surface area (Å²) in [7, 11) is 0. The Balaban J connectivity index is 1.84. The van der Waals surface area contributed by atoms with Crippen molar-refractivity contribution < 1.29 is 13.9 Å². The van der Waals surface area contributed by atoms with E-state index in [9.17, 15) is 9.18 Å². The number of carbonyl (C=O) groups excluding carboxylic acids is 1. The van der Waals surface area contributed by atoms with E-state index >= 15 is 0 Å². The van der Waals surface area contributed by atoms with Crippen LogP contribution in [-0.2, 0) is 4.79 Å². The molecule has 0 bridgehead atoms. The number of benzene rings is 2. The molecule has 0 unspecified atom stereocenters. The standard InChI is InChI=1S/C17H17FN2O2/c1-12-4-3-5-13(2)17(12)22-11-16(21)20-19-10-14-6-8-15(18)9-7-14/h3-10H,11H2,1-2H3,(H,20,21)/b19-10+. The highest BCUT2D eigenvalue weighted by molar-refractivity contribution is 5.82. The summed E-state index contributed by atoms with van der Waals surface area (Å²) in [6.07, 6.45) is 1.44. The molecule has 2 aromatic rings. The number of halogens is 1. The van der Waals surface area contributed by atoms with Gasteiger partial charge in [0.25, 0.3) is 5.91 Å². The number of para-hydroxylation sites is 1. The zero-order valence-corrected chi connectivity index (χ0v) is 12.5. The summed E-state index contributed by atoms with van der Waals surface area (Å²) >= 11 is 0. The van der Waals surface area contributed by atoms with Gasteiger partial charge in [-0.2, -0.15) is 5.10 Å². The molecule has 22 heavy (non-hydrogen) atoms. The fourth-order valence-electron chi connectivity index (χ4n) is 1.92. The fourth-order valence-corrected chi connectivity index (χ4v) is 1.92. The third kappa shape index (κ3) is 4.41. The molecule has 0 radical (unpaired) electrons. The number of nitrogens with zero attached hydrogens (tertiary/aromatic N) is 1. The van der Waals surface area contributed by atoms with Crippen molar-refractivity contribution in [2.45, 2.75) is 13.8 Å². The zero-order chi connectivity index (χ0) is 15.9. The largest absolute Gasteiger partial charge is 0.483 e. The number of hydrazone groups is 1. The summed E-state index contributed by atoms with van der Waals surface area (Å²) in [4.78, 5) is 11.7. The Morgan fingerprint density at radius 2 is 1.82 bits per heavy atom. The van der Waals surface area contributed by atoms with E-state index in [1.165, 1.54) is 18.3 Å². The lowest BCUT2D eigenvalue weighted by Gasteiger charge is -2.10. The monoisotopic (exact) mass is 300 g/mol. The van der Waals surface area contributed by atoms with Crippen LogP contribution in [0.15, 0.2) is 47.6 Å². The second-order valence-electron chi connectivity index (χ2n) is 4.85. The Kier molecular flexibility index (Phi) is 5.25. The van der Waals surface area contributed by atoms with Gasteiger partial charge in [-0.25, -0.2) is 9.82 Å². The number of nitrogens with one attached hydrogen (secondary N) is 1. The minimum Gasteiger partial charge on any atom is -0.483 e. The van der Waals surface area contributed by atoms with Gasteiger partial charge in [-0.3, -0.25) is 4.79 Å². The molecule has 0 spiro atoms. The number of aryl methyl sites for hydroxylation is 2. The average Bonchev–Trinajstić information content (AvgIpc) is 2.49. The summed E-state index contributed by atoms with van der Waals surface area (Å²) in [6, 6.07) is 11.6. The highest BCUT2D eigenvalue weighted by Gasteiger charge is 2.06. The van der Waals surface area contributed by atoms with Crippen LogP contribution in [0.1, 0.15) is 16.7 Å². The van der Waals surface area contributed by atoms with Crippen molar-refractivity contribution in [1.82, 2.24) is 5.43 Å². The van der Waals surface area contributed by atoms with Gasteiger partial charge in [0.1, 0.15) is 11.6 Å². The van der Waals surface area contributed by atoms with Crippen LogP contribution in [-0.4, -0.2) is 18.7 Å². The molecule has 1 N–H and O–H groups in total. The van der Waals surface area contributed by atoms with Gasteiger partial charge < -0.3 is 4.74 Å². The van der Waals surface area contributed by atoms with Gasteiger partial charge in [0.05, 0.1) is 6.21 Å². The number of rotatable bonds is 5. The molecule has 0 aromatic heterocycles. The van der Waals surface area contributed by atoms with E-state index in [2.05, 4.69) is 10.5 Å². The predicted octanol–water partition coefficient (Wildman–Crippen LogP) is 2.97. The van der Waals surface area contributed by atoms with Crippen molar-refractivity contribution in [3.63, 3.8) is 0 Å². The minimum atomic E-state index is -0.360. The summed E-state index contributed by atoms with van der Waals surface area (Å²) in [6.45, 7) is 3.73. The average molecular weight is 300 g/mol. The lowest BCUT2D eigenvalue weighted by molar-refractivity contribution is -0.123. The van der Waals surface area contributed by atoms with E-state index in [0.29, 0.717) is 11.3 Å². The molecule has 0 aliphatic carbocycles. The summed E-state index contributed by atoms with van der Waals surface area (Å²) in [5, 5.41) is 3.80. The molecule has 0 heterocycles. The van der Waals surface area contributed by atoms with Crippen LogP contribution in [0.4, 0.5) is 4.39 Å². The topological polar surface area (TPSA) is 50.7 Å². The fraction of sp³-hybridized carbons (Fsp3) is 0.176. The lowest BCUT2D eigenvalue weighted by atomic mass is 10.1. The van der Waals surface area contributed by atoms with Gasteiger partial charge in [0.15, 0.2) is 6.61 Å². The SMILES string of the molecule is Cc1cccc(C)c1OCC(=O)N/N=C/c1ccc(F)cc1. The first-order valence-corrected chi connectivity index (χ1v) is 6.83. The van der Waals surface area contributed by atoms with Crippen molar-refractivity contribution >= 4 is 12.1 Å². The Morgan fingerprint density at radius 3 is 2.45 bits per heavy atom. The molecule has 1 amide bonds. The molecule has 2 aromatic carbocycles. The van der Waals surface area contributed by atoms with Crippen molar-refractivity contribution in [3.8, 4) is 5.75 Å². The molecule has 4 nitrogen and oxygen atoms in total. The van der Waals surface area contributed by atoms with E-state index in [1.54, 1.807) is 12.1 Å². The first-order chi connectivity index (χ1) is 10.6. The molecule has 0 saturated heterocycles. The van der Waals surface area contributed by atoms with Crippen LogP contribution in [0.25, 0.3) is 0 Å².